The highest BCUT2D eigenvalue weighted by Crippen LogP contribution is 2.24. The number of aryl methyl sites for hydroxylation is 2. The maximum Gasteiger partial charge on any atom is 0.140 e. The van der Waals surface area contributed by atoms with Gasteiger partial charge in [-0.25, -0.2) is 0 Å². The monoisotopic (exact) mass is 266 g/mol. The summed E-state index contributed by atoms with van der Waals surface area (Å²) >= 11 is 0. The van der Waals surface area contributed by atoms with Crippen LogP contribution in [0.2, 0.25) is 0 Å². The first-order chi connectivity index (χ1) is 9.62. The van der Waals surface area contributed by atoms with Crippen LogP contribution < -0.4 is 10.1 Å². The Kier molecular flexibility index (Phi) is 4.27. The van der Waals surface area contributed by atoms with Gasteiger partial charge in [-0.1, -0.05) is 35.4 Å². The maximum atomic E-state index is 9.41. The molecule has 0 saturated heterocycles. The Balaban J connectivity index is 2.26. The molecule has 3 heteroatoms. The second kappa shape index (κ2) is 6.12. The first-order valence-electron chi connectivity index (χ1n) is 6.51. The van der Waals surface area contributed by atoms with Crippen molar-refractivity contribution in [1.29, 1.82) is 5.26 Å². The summed E-state index contributed by atoms with van der Waals surface area (Å²) in [6.07, 6.45) is 0. The first-order valence-corrected chi connectivity index (χ1v) is 6.51. The molecule has 2 aromatic carbocycles. The average molecular weight is 266 g/mol. The zero-order valence-corrected chi connectivity index (χ0v) is 12.0. The van der Waals surface area contributed by atoms with Crippen LogP contribution in [-0.4, -0.2) is 7.11 Å². The lowest BCUT2D eigenvalue weighted by atomic mass is 10.0. The van der Waals surface area contributed by atoms with E-state index in [-0.39, 0.29) is 6.04 Å². The van der Waals surface area contributed by atoms with Gasteiger partial charge in [-0.3, -0.25) is 0 Å². The number of nitriles is 1. The van der Waals surface area contributed by atoms with Gasteiger partial charge in [-0.15, -0.1) is 0 Å². The third kappa shape index (κ3) is 3.30. The molecule has 0 heterocycles. The van der Waals surface area contributed by atoms with Crippen molar-refractivity contribution in [3.05, 3.63) is 59.2 Å². The number of anilines is 1. The Morgan fingerprint density at radius 3 is 2.40 bits per heavy atom. The van der Waals surface area contributed by atoms with Crippen LogP contribution in [0.3, 0.4) is 0 Å². The Hall–Kier alpha value is -2.47. The highest BCUT2D eigenvalue weighted by atomic mass is 16.5. The van der Waals surface area contributed by atoms with E-state index < -0.39 is 0 Å². The molecule has 1 N–H and O–H groups in total. The molecule has 1 atom stereocenters. The number of nitrogens with one attached hydrogen (secondary N) is 1. The Bertz CT molecular complexity index is 623. The van der Waals surface area contributed by atoms with Gasteiger partial charge in [0.2, 0.25) is 0 Å². The molecular formula is C17H18N2O. The topological polar surface area (TPSA) is 45.0 Å². The van der Waals surface area contributed by atoms with Crippen LogP contribution in [0.1, 0.15) is 22.7 Å². The number of rotatable bonds is 4. The molecule has 0 spiro atoms. The summed E-state index contributed by atoms with van der Waals surface area (Å²) in [5.41, 5.74) is 4.17. The highest BCUT2D eigenvalue weighted by molar-refractivity contribution is 5.51. The summed E-state index contributed by atoms with van der Waals surface area (Å²) in [6, 6.07) is 15.7. The zero-order valence-electron chi connectivity index (χ0n) is 12.0. The number of nitrogens with zero attached hydrogens (tertiary/aromatic N) is 1. The molecule has 0 fully saturated rings. The van der Waals surface area contributed by atoms with Crippen LogP contribution in [0.4, 0.5) is 5.69 Å². The van der Waals surface area contributed by atoms with Gasteiger partial charge in [-0.05, 0) is 31.5 Å². The molecule has 2 rings (SSSR count). The fourth-order valence-electron chi connectivity index (χ4n) is 2.25. The third-order valence-electron chi connectivity index (χ3n) is 3.09. The van der Waals surface area contributed by atoms with E-state index in [1.165, 1.54) is 0 Å². The van der Waals surface area contributed by atoms with Crippen molar-refractivity contribution in [1.82, 2.24) is 0 Å². The smallest absolute Gasteiger partial charge is 0.140 e. The molecule has 0 aliphatic carbocycles. The quantitative estimate of drug-likeness (QED) is 0.910. The molecule has 2 aromatic rings. The van der Waals surface area contributed by atoms with E-state index in [1.54, 1.807) is 7.11 Å². The van der Waals surface area contributed by atoms with Gasteiger partial charge >= 0.3 is 0 Å². The molecule has 0 radical (unpaired) electrons. The predicted octanol–water partition coefficient (Wildman–Crippen LogP) is 3.99. The van der Waals surface area contributed by atoms with Crippen LogP contribution >= 0.6 is 0 Å². The van der Waals surface area contributed by atoms with Crippen molar-refractivity contribution >= 4 is 5.69 Å². The van der Waals surface area contributed by atoms with Gasteiger partial charge in [0.25, 0.3) is 0 Å². The Labute approximate surface area is 119 Å². The number of methoxy groups -OCH3 is 1. The maximum absolute atomic E-state index is 9.41. The summed E-state index contributed by atoms with van der Waals surface area (Å²) in [4.78, 5) is 0. The van der Waals surface area contributed by atoms with Crippen LogP contribution in [-0.2, 0) is 0 Å². The first kappa shape index (κ1) is 14.0. The van der Waals surface area contributed by atoms with Crippen LogP contribution in [0.15, 0.2) is 42.5 Å². The Morgan fingerprint density at radius 2 is 1.80 bits per heavy atom. The lowest BCUT2D eigenvalue weighted by molar-refractivity contribution is 0.415. The molecule has 0 aromatic heterocycles. The fraction of sp³-hybridized carbons (Fsp3) is 0.235. The minimum absolute atomic E-state index is 0.374. The van der Waals surface area contributed by atoms with Crippen LogP contribution in [0, 0.1) is 25.2 Å². The number of ether oxygens (including phenoxy) is 1. The Morgan fingerprint density at radius 1 is 1.10 bits per heavy atom. The molecule has 0 amide bonds. The lowest BCUT2D eigenvalue weighted by Gasteiger charge is -2.15. The molecule has 0 bridgehead atoms. The normalized spacial score (nSPS) is 11.5. The van der Waals surface area contributed by atoms with Crippen LogP contribution in [0.25, 0.3) is 0 Å². The second-order valence-corrected chi connectivity index (χ2v) is 4.86. The molecular weight excluding hydrogens is 248 g/mol. The standard InChI is InChI=1S/C17H18N2O/c1-12-7-13(2)9-14(8-12)17(11-18)19-15-5-4-6-16(10-15)20-3/h4-10,17,19H,1-3H3. The molecule has 20 heavy (non-hydrogen) atoms. The fourth-order valence-corrected chi connectivity index (χ4v) is 2.25. The molecule has 3 nitrogen and oxygen atoms in total. The van der Waals surface area contributed by atoms with Crippen molar-refractivity contribution in [3.8, 4) is 11.8 Å². The predicted molar refractivity (Wildman–Crippen MR) is 80.9 cm³/mol. The SMILES string of the molecule is COc1cccc(NC(C#N)c2cc(C)cc(C)c2)c1. The zero-order chi connectivity index (χ0) is 14.5. The van der Waals surface area contributed by atoms with E-state index in [9.17, 15) is 5.26 Å². The van der Waals surface area contributed by atoms with Gasteiger partial charge < -0.3 is 10.1 Å². The molecule has 1 unspecified atom stereocenters. The molecule has 0 aliphatic heterocycles. The summed E-state index contributed by atoms with van der Waals surface area (Å²) in [5, 5.41) is 12.6. The van der Waals surface area contributed by atoms with Crippen LogP contribution in [0.5, 0.6) is 5.75 Å². The van der Waals surface area contributed by atoms with Crippen molar-refractivity contribution in [2.45, 2.75) is 19.9 Å². The molecule has 0 saturated carbocycles. The minimum atomic E-state index is -0.374. The summed E-state index contributed by atoms with van der Waals surface area (Å²) in [6.45, 7) is 4.08. The number of benzene rings is 2. The minimum Gasteiger partial charge on any atom is -0.497 e. The summed E-state index contributed by atoms with van der Waals surface area (Å²) in [7, 11) is 1.63. The van der Waals surface area contributed by atoms with E-state index >= 15 is 0 Å². The van der Waals surface area contributed by atoms with E-state index in [1.807, 2.05) is 50.2 Å². The third-order valence-corrected chi connectivity index (χ3v) is 3.09. The average Bonchev–Trinajstić information content (AvgIpc) is 2.44. The summed E-state index contributed by atoms with van der Waals surface area (Å²) in [5.74, 6) is 0.770. The second-order valence-electron chi connectivity index (χ2n) is 4.86. The van der Waals surface area contributed by atoms with E-state index in [2.05, 4.69) is 17.5 Å². The van der Waals surface area contributed by atoms with E-state index in [0.717, 1.165) is 28.1 Å². The molecule has 0 aliphatic rings. The number of hydrogen-bond acceptors (Lipinski definition) is 3. The summed E-state index contributed by atoms with van der Waals surface area (Å²) < 4.78 is 5.19. The van der Waals surface area contributed by atoms with Gasteiger partial charge in [0.1, 0.15) is 11.8 Å². The lowest BCUT2D eigenvalue weighted by Crippen LogP contribution is -2.09. The van der Waals surface area contributed by atoms with Gasteiger partial charge in [0.05, 0.1) is 13.2 Å². The van der Waals surface area contributed by atoms with Gasteiger partial charge in [0.15, 0.2) is 0 Å². The van der Waals surface area contributed by atoms with E-state index in [4.69, 9.17) is 4.74 Å². The van der Waals surface area contributed by atoms with Crippen molar-refractivity contribution in [2.24, 2.45) is 0 Å². The van der Waals surface area contributed by atoms with Crippen molar-refractivity contribution in [3.63, 3.8) is 0 Å². The highest BCUT2D eigenvalue weighted by Gasteiger charge is 2.11. The van der Waals surface area contributed by atoms with Gasteiger partial charge in [0, 0.05) is 11.8 Å². The number of hydrogen-bond donors (Lipinski definition) is 1. The van der Waals surface area contributed by atoms with Gasteiger partial charge in [-0.2, -0.15) is 5.26 Å². The van der Waals surface area contributed by atoms with Crippen molar-refractivity contribution < 1.29 is 4.74 Å². The van der Waals surface area contributed by atoms with Crippen molar-refractivity contribution in [2.75, 3.05) is 12.4 Å². The molecule has 102 valence electrons. The van der Waals surface area contributed by atoms with E-state index in [0.29, 0.717) is 0 Å². The largest absolute Gasteiger partial charge is 0.497 e.